The summed E-state index contributed by atoms with van der Waals surface area (Å²) in [6.07, 6.45) is 2.27. The highest BCUT2D eigenvalue weighted by atomic mass is 127. The summed E-state index contributed by atoms with van der Waals surface area (Å²) < 4.78 is 2.25. The summed E-state index contributed by atoms with van der Waals surface area (Å²) >= 11 is 1.83. The van der Waals surface area contributed by atoms with Gasteiger partial charge in [-0.05, 0) is 56.3 Å². The van der Waals surface area contributed by atoms with E-state index < -0.39 is 0 Å². The number of anilines is 1. The molecule has 4 rings (SSSR count). The van der Waals surface area contributed by atoms with Gasteiger partial charge in [0.05, 0.1) is 22.6 Å². The monoisotopic (exact) mass is 538 g/mol. The second-order valence-corrected chi connectivity index (χ2v) is 8.34. The first-order valence-corrected chi connectivity index (χ1v) is 11.4. The third kappa shape index (κ3) is 5.46. The molecule has 30 heavy (non-hydrogen) atoms. The molecule has 0 atom stereocenters. The van der Waals surface area contributed by atoms with Gasteiger partial charge in [0.1, 0.15) is 5.82 Å². The van der Waals surface area contributed by atoms with E-state index in [4.69, 9.17) is 4.99 Å². The lowest BCUT2D eigenvalue weighted by atomic mass is 10.1. The van der Waals surface area contributed by atoms with Gasteiger partial charge in [-0.1, -0.05) is 12.1 Å². The molecule has 1 aliphatic heterocycles. The summed E-state index contributed by atoms with van der Waals surface area (Å²) in [4.78, 5) is 12.0. The number of fused-ring (bicyclic) bond motifs is 1. The molecule has 3 heterocycles. The van der Waals surface area contributed by atoms with Crippen molar-refractivity contribution < 1.29 is 0 Å². The number of para-hydroxylation sites is 2. The number of halogens is 1. The van der Waals surface area contributed by atoms with Gasteiger partial charge in [-0.25, -0.2) is 4.98 Å². The van der Waals surface area contributed by atoms with E-state index in [0.717, 1.165) is 62.9 Å². The minimum absolute atomic E-state index is 0. The fourth-order valence-electron chi connectivity index (χ4n) is 3.95. The quantitative estimate of drug-likeness (QED) is 0.280. The summed E-state index contributed by atoms with van der Waals surface area (Å²) in [5.74, 6) is 1.96. The largest absolute Gasteiger partial charge is 0.363 e. The van der Waals surface area contributed by atoms with Crippen LogP contribution in [0.2, 0.25) is 0 Å². The summed E-state index contributed by atoms with van der Waals surface area (Å²) in [6.45, 7) is 8.80. The average molecular weight is 539 g/mol. The molecule has 1 fully saturated rings. The van der Waals surface area contributed by atoms with Gasteiger partial charge >= 0.3 is 0 Å². The Morgan fingerprint density at radius 1 is 1.20 bits per heavy atom. The first-order chi connectivity index (χ1) is 14.2. The molecule has 6 nitrogen and oxygen atoms in total. The summed E-state index contributed by atoms with van der Waals surface area (Å²) in [7, 11) is 0. The van der Waals surface area contributed by atoms with Crippen LogP contribution in [0.25, 0.3) is 11.0 Å². The van der Waals surface area contributed by atoms with Crippen LogP contribution in [0.4, 0.5) is 5.00 Å². The molecule has 0 unspecified atom stereocenters. The van der Waals surface area contributed by atoms with Crippen molar-refractivity contribution in [2.75, 3.05) is 31.1 Å². The highest BCUT2D eigenvalue weighted by Crippen LogP contribution is 2.24. The molecule has 1 saturated heterocycles. The minimum Gasteiger partial charge on any atom is -0.363 e. The molecule has 0 aliphatic carbocycles. The molecule has 0 radical (unpaired) electrons. The van der Waals surface area contributed by atoms with Crippen LogP contribution in [0.15, 0.2) is 46.8 Å². The van der Waals surface area contributed by atoms with Crippen molar-refractivity contribution in [1.82, 2.24) is 20.2 Å². The predicted molar refractivity (Wildman–Crippen MR) is 139 cm³/mol. The fourth-order valence-corrected chi connectivity index (χ4v) is 4.73. The summed E-state index contributed by atoms with van der Waals surface area (Å²) in [6, 6.07) is 13.1. The van der Waals surface area contributed by atoms with Gasteiger partial charge in [-0.3, -0.25) is 4.99 Å². The van der Waals surface area contributed by atoms with Crippen LogP contribution in [-0.2, 0) is 6.54 Å². The van der Waals surface area contributed by atoms with Crippen LogP contribution in [-0.4, -0.2) is 47.7 Å². The Morgan fingerprint density at radius 2 is 2.00 bits per heavy atom. The predicted octanol–water partition coefficient (Wildman–Crippen LogP) is 4.25. The molecule has 0 spiro atoms. The Hall–Kier alpha value is -1.81. The number of hydrogen-bond donors (Lipinski definition) is 2. The second kappa shape index (κ2) is 11.0. The van der Waals surface area contributed by atoms with Crippen molar-refractivity contribution >= 4 is 57.3 Å². The average Bonchev–Trinajstić information content (AvgIpc) is 3.37. The van der Waals surface area contributed by atoms with E-state index in [0.29, 0.717) is 6.04 Å². The molecule has 0 bridgehead atoms. The first kappa shape index (κ1) is 22.9. The van der Waals surface area contributed by atoms with Crippen molar-refractivity contribution in [1.29, 1.82) is 0 Å². The molecular weight excluding hydrogens is 507 g/mol. The number of nitrogens with one attached hydrogen (secondary N) is 2. The molecule has 0 saturated carbocycles. The van der Waals surface area contributed by atoms with Gasteiger partial charge in [0.2, 0.25) is 0 Å². The van der Waals surface area contributed by atoms with Gasteiger partial charge in [0.25, 0.3) is 0 Å². The van der Waals surface area contributed by atoms with Crippen LogP contribution < -0.4 is 15.5 Å². The zero-order chi connectivity index (χ0) is 20.1. The maximum Gasteiger partial charge on any atom is 0.191 e. The standard InChI is InChI=1S/C22H30N6S.HI/c1-3-23-22(26-18-10-13-27(14-11-18)21-9-6-16-29-21)24-12-15-28-17(2)25-19-7-4-5-8-20(19)28;/h4-9,16,18H,3,10-15H2,1-2H3,(H2,23,24,26);1H. The number of rotatable bonds is 6. The third-order valence-corrected chi connectivity index (χ3v) is 6.37. The SMILES string of the molecule is CCNC(=NCCn1c(C)nc2ccccc21)NC1CCN(c2cccs2)CC1.I. The van der Waals surface area contributed by atoms with Gasteiger partial charge < -0.3 is 20.1 Å². The van der Waals surface area contributed by atoms with Crippen molar-refractivity contribution in [3.63, 3.8) is 0 Å². The van der Waals surface area contributed by atoms with Crippen LogP contribution in [0, 0.1) is 6.92 Å². The minimum atomic E-state index is 0. The van der Waals surface area contributed by atoms with Gasteiger partial charge in [0.15, 0.2) is 5.96 Å². The van der Waals surface area contributed by atoms with E-state index in [1.165, 1.54) is 10.5 Å². The number of guanidine groups is 1. The van der Waals surface area contributed by atoms with Crippen LogP contribution >= 0.6 is 35.3 Å². The fraction of sp³-hybridized carbons (Fsp3) is 0.455. The number of hydrogen-bond acceptors (Lipinski definition) is 4. The van der Waals surface area contributed by atoms with Crippen LogP contribution in [0.5, 0.6) is 0 Å². The zero-order valence-electron chi connectivity index (χ0n) is 17.7. The molecule has 2 N–H and O–H groups in total. The van der Waals surface area contributed by atoms with E-state index in [-0.39, 0.29) is 24.0 Å². The van der Waals surface area contributed by atoms with Crippen molar-refractivity contribution in [2.24, 2.45) is 4.99 Å². The highest BCUT2D eigenvalue weighted by molar-refractivity contribution is 14.0. The normalized spacial score (nSPS) is 15.3. The van der Waals surface area contributed by atoms with Crippen molar-refractivity contribution in [3.05, 3.63) is 47.6 Å². The maximum absolute atomic E-state index is 4.83. The van der Waals surface area contributed by atoms with Crippen LogP contribution in [0.1, 0.15) is 25.6 Å². The highest BCUT2D eigenvalue weighted by Gasteiger charge is 2.20. The Kier molecular flexibility index (Phi) is 8.38. The Balaban J connectivity index is 0.00000256. The Labute approximate surface area is 199 Å². The number of piperidine rings is 1. The van der Waals surface area contributed by atoms with E-state index >= 15 is 0 Å². The molecule has 1 aliphatic rings. The van der Waals surface area contributed by atoms with Crippen molar-refractivity contribution in [2.45, 2.75) is 39.3 Å². The van der Waals surface area contributed by atoms with Gasteiger partial charge in [0, 0.05) is 32.2 Å². The Morgan fingerprint density at radius 3 is 2.73 bits per heavy atom. The van der Waals surface area contributed by atoms with E-state index in [2.05, 4.69) is 74.6 Å². The second-order valence-electron chi connectivity index (χ2n) is 7.42. The van der Waals surface area contributed by atoms with E-state index in [9.17, 15) is 0 Å². The molecule has 0 amide bonds. The maximum atomic E-state index is 4.83. The number of imidazole rings is 1. The molecule has 1 aromatic carbocycles. The van der Waals surface area contributed by atoms with E-state index in [1.807, 2.05) is 17.4 Å². The topological polar surface area (TPSA) is 57.5 Å². The van der Waals surface area contributed by atoms with Crippen LogP contribution in [0.3, 0.4) is 0 Å². The number of aromatic nitrogens is 2. The first-order valence-electron chi connectivity index (χ1n) is 10.5. The Bertz CT molecular complexity index is 944. The molecule has 162 valence electrons. The molecule has 8 heteroatoms. The lowest BCUT2D eigenvalue weighted by Crippen LogP contribution is -2.48. The number of thiophene rings is 1. The molecule has 2 aromatic heterocycles. The third-order valence-electron chi connectivity index (χ3n) is 5.44. The molecular formula is C22H31IN6S. The smallest absolute Gasteiger partial charge is 0.191 e. The van der Waals surface area contributed by atoms with Crippen molar-refractivity contribution in [3.8, 4) is 0 Å². The number of benzene rings is 1. The lowest BCUT2D eigenvalue weighted by Gasteiger charge is -2.33. The van der Waals surface area contributed by atoms with E-state index in [1.54, 1.807) is 0 Å². The molecule has 3 aromatic rings. The van der Waals surface area contributed by atoms with Gasteiger partial charge in [-0.15, -0.1) is 35.3 Å². The number of nitrogens with zero attached hydrogens (tertiary/aromatic N) is 4. The van der Waals surface area contributed by atoms with Gasteiger partial charge in [-0.2, -0.15) is 0 Å². The summed E-state index contributed by atoms with van der Waals surface area (Å²) in [5.41, 5.74) is 2.23. The lowest BCUT2D eigenvalue weighted by molar-refractivity contribution is 0.462. The summed E-state index contributed by atoms with van der Waals surface area (Å²) in [5, 5.41) is 10.6. The zero-order valence-corrected chi connectivity index (χ0v) is 20.8. The number of aliphatic imine (C=N–C) groups is 1. The number of aryl methyl sites for hydroxylation is 1.